The summed E-state index contributed by atoms with van der Waals surface area (Å²) >= 11 is 6.09. The Morgan fingerprint density at radius 1 is 1.02 bits per heavy atom. The number of urea groups is 1. The molecular formula is C27H33ClF3N3O6. The largest absolute Gasteiger partial charge is 0.495 e. The number of alkyl halides is 3. The molecule has 13 heteroatoms. The van der Waals surface area contributed by atoms with Crippen LogP contribution in [0.2, 0.25) is 5.02 Å². The molecule has 1 saturated heterocycles. The van der Waals surface area contributed by atoms with Crippen molar-refractivity contribution in [2.24, 2.45) is 0 Å². The third kappa shape index (κ3) is 7.03. The molecule has 9 nitrogen and oxygen atoms in total. The maximum Gasteiger partial charge on any atom is 0.490 e. The molecule has 1 heterocycles. The van der Waals surface area contributed by atoms with Gasteiger partial charge in [0.05, 0.1) is 27.0 Å². The molecular weight excluding hydrogens is 555 g/mol. The molecule has 220 valence electrons. The molecule has 0 radical (unpaired) electrons. The molecule has 2 aromatic carbocycles. The van der Waals surface area contributed by atoms with Crippen molar-refractivity contribution in [2.75, 3.05) is 40.2 Å². The average molecular weight is 588 g/mol. The minimum Gasteiger partial charge on any atom is -0.495 e. The summed E-state index contributed by atoms with van der Waals surface area (Å²) in [6, 6.07) is 11.6. The van der Waals surface area contributed by atoms with Gasteiger partial charge in [0.25, 0.3) is 0 Å². The van der Waals surface area contributed by atoms with Gasteiger partial charge in [-0.3, -0.25) is 0 Å². The summed E-state index contributed by atoms with van der Waals surface area (Å²) in [5, 5.41) is 13.7. The normalized spacial score (nSPS) is 22.3. The fourth-order valence-corrected chi connectivity index (χ4v) is 5.69. The summed E-state index contributed by atoms with van der Waals surface area (Å²) < 4.78 is 48.1. The standard InChI is InChI=1S/C25H32ClN3O4.C2HF3O2/c1-29-12-11-25(16-5-7-21(32-3)22(13-16)33-4)10-9-18(15-23(25)29)27-24(30)28-19-14-17(26)6-8-20(19)31-2;3-2(4,5)1(6)7/h5-8,13-14,18,23H,9-12,15H2,1-4H3,(H2,27,28,30);(H,6,7)/t18-,23+,25+;/m1./s1. The Balaban J connectivity index is 0.000000559. The van der Waals surface area contributed by atoms with E-state index in [-0.39, 0.29) is 17.5 Å². The Bertz CT molecular complexity index is 1210. The third-order valence-corrected chi connectivity index (χ3v) is 7.71. The summed E-state index contributed by atoms with van der Waals surface area (Å²) in [6.07, 6.45) is -1.23. The van der Waals surface area contributed by atoms with Crippen molar-refractivity contribution in [3.8, 4) is 17.2 Å². The number of anilines is 1. The van der Waals surface area contributed by atoms with Crippen molar-refractivity contribution < 1.29 is 42.1 Å². The zero-order chi connectivity index (χ0) is 29.7. The maximum atomic E-state index is 12.8. The van der Waals surface area contributed by atoms with Gasteiger partial charge in [0.1, 0.15) is 5.75 Å². The first-order valence-electron chi connectivity index (χ1n) is 12.5. The lowest BCUT2D eigenvalue weighted by molar-refractivity contribution is -0.192. The average Bonchev–Trinajstić information content (AvgIpc) is 3.25. The third-order valence-electron chi connectivity index (χ3n) is 7.47. The van der Waals surface area contributed by atoms with E-state index in [1.165, 1.54) is 5.56 Å². The molecule has 2 amide bonds. The van der Waals surface area contributed by atoms with E-state index in [0.29, 0.717) is 22.5 Å². The first-order chi connectivity index (χ1) is 18.8. The number of fused-ring (bicyclic) bond motifs is 1. The molecule has 0 unspecified atom stereocenters. The summed E-state index contributed by atoms with van der Waals surface area (Å²) in [4.78, 5) is 24.1. The Morgan fingerprint density at radius 2 is 1.65 bits per heavy atom. The second-order valence-electron chi connectivity index (χ2n) is 9.69. The van der Waals surface area contributed by atoms with E-state index < -0.39 is 12.1 Å². The van der Waals surface area contributed by atoms with Gasteiger partial charge in [0, 0.05) is 22.5 Å². The van der Waals surface area contributed by atoms with Crippen LogP contribution >= 0.6 is 11.6 Å². The lowest BCUT2D eigenvalue weighted by Crippen LogP contribution is -2.52. The van der Waals surface area contributed by atoms with Crippen LogP contribution in [0.3, 0.4) is 0 Å². The molecule has 0 spiro atoms. The number of likely N-dealkylation sites (tertiary alicyclic amines) is 1. The van der Waals surface area contributed by atoms with Crippen LogP contribution in [0.4, 0.5) is 23.7 Å². The zero-order valence-electron chi connectivity index (χ0n) is 22.6. The van der Waals surface area contributed by atoms with E-state index in [1.54, 1.807) is 39.5 Å². The van der Waals surface area contributed by atoms with Gasteiger partial charge in [-0.05, 0) is 75.2 Å². The van der Waals surface area contributed by atoms with Gasteiger partial charge in [0.2, 0.25) is 0 Å². The number of rotatable bonds is 6. The molecule has 40 heavy (non-hydrogen) atoms. The molecule has 2 aliphatic rings. The minimum atomic E-state index is -5.08. The van der Waals surface area contributed by atoms with Gasteiger partial charge in [-0.2, -0.15) is 13.2 Å². The SMILES string of the molecule is COc1ccc(Cl)cc1NC(=O)N[C@@H]1CC[C@@]2(c3ccc(OC)c(OC)c3)CCN(C)[C@H]2C1.O=C(O)C(F)(F)F. The van der Waals surface area contributed by atoms with Gasteiger partial charge >= 0.3 is 18.2 Å². The van der Waals surface area contributed by atoms with Crippen molar-refractivity contribution in [3.05, 3.63) is 47.0 Å². The van der Waals surface area contributed by atoms with Crippen LogP contribution in [0.5, 0.6) is 17.2 Å². The predicted octanol–water partition coefficient (Wildman–Crippen LogP) is 5.32. The number of benzene rings is 2. The number of methoxy groups -OCH3 is 3. The lowest BCUT2D eigenvalue weighted by atomic mass is 9.65. The zero-order valence-corrected chi connectivity index (χ0v) is 23.4. The number of carboxylic acids is 1. The Kier molecular flexibility index (Phi) is 10.0. The highest BCUT2D eigenvalue weighted by molar-refractivity contribution is 6.31. The van der Waals surface area contributed by atoms with Gasteiger partial charge in [0.15, 0.2) is 11.5 Å². The Labute approximate surface area is 235 Å². The topological polar surface area (TPSA) is 109 Å². The quantitative estimate of drug-likeness (QED) is 0.420. The Morgan fingerprint density at radius 3 is 2.25 bits per heavy atom. The number of carboxylic acid groups (broad SMARTS) is 1. The first-order valence-corrected chi connectivity index (χ1v) is 12.9. The van der Waals surface area contributed by atoms with Gasteiger partial charge in [-0.25, -0.2) is 9.59 Å². The van der Waals surface area contributed by atoms with Crippen LogP contribution in [0.1, 0.15) is 31.2 Å². The van der Waals surface area contributed by atoms with E-state index in [2.05, 4.69) is 34.7 Å². The summed E-state index contributed by atoms with van der Waals surface area (Å²) in [6.45, 7) is 1.03. The van der Waals surface area contributed by atoms with Crippen LogP contribution < -0.4 is 24.8 Å². The van der Waals surface area contributed by atoms with E-state index in [9.17, 15) is 18.0 Å². The smallest absolute Gasteiger partial charge is 0.490 e. The van der Waals surface area contributed by atoms with Crippen molar-refractivity contribution in [1.82, 2.24) is 10.2 Å². The van der Waals surface area contributed by atoms with Crippen LogP contribution in [0, 0.1) is 0 Å². The second kappa shape index (κ2) is 12.9. The number of nitrogens with one attached hydrogen (secondary N) is 2. The molecule has 1 aliphatic carbocycles. The first kappa shape index (κ1) is 31.2. The number of hydrogen-bond donors (Lipinski definition) is 3. The van der Waals surface area contributed by atoms with Crippen LogP contribution in [0.25, 0.3) is 0 Å². The van der Waals surface area contributed by atoms with Gasteiger partial charge < -0.3 is 34.9 Å². The van der Waals surface area contributed by atoms with Crippen molar-refractivity contribution in [1.29, 1.82) is 0 Å². The van der Waals surface area contributed by atoms with Gasteiger partial charge in [-0.1, -0.05) is 17.7 Å². The van der Waals surface area contributed by atoms with Gasteiger partial charge in [-0.15, -0.1) is 0 Å². The minimum absolute atomic E-state index is 0.0408. The van der Waals surface area contributed by atoms with E-state index in [1.807, 2.05) is 6.07 Å². The molecule has 1 saturated carbocycles. The van der Waals surface area contributed by atoms with Crippen LogP contribution in [0.15, 0.2) is 36.4 Å². The van der Waals surface area contributed by atoms with Crippen molar-refractivity contribution in [2.45, 2.75) is 49.4 Å². The molecule has 1 aliphatic heterocycles. The summed E-state index contributed by atoms with van der Waals surface area (Å²) in [7, 11) is 7.07. The number of amides is 2. The molecule has 0 aromatic heterocycles. The van der Waals surface area contributed by atoms with E-state index in [0.717, 1.165) is 43.7 Å². The molecule has 0 bridgehead atoms. The van der Waals surface area contributed by atoms with Crippen LogP contribution in [-0.2, 0) is 10.2 Å². The highest BCUT2D eigenvalue weighted by Crippen LogP contribution is 2.49. The summed E-state index contributed by atoms with van der Waals surface area (Å²) in [5.41, 5.74) is 1.87. The molecule has 4 rings (SSSR count). The highest BCUT2D eigenvalue weighted by atomic mass is 35.5. The fourth-order valence-electron chi connectivity index (χ4n) is 5.52. The fraction of sp³-hybridized carbons (Fsp3) is 0.481. The number of carbonyl (C=O) groups is 2. The van der Waals surface area contributed by atoms with Crippen molar-refractivity contribution >= 4 is 29.3 Å². The molecule has 3 atom stereocenters. The molecule has 3 N–H and O–H groups in total. The summed E-state index contributed by atoms with van der Waals surface area (Å²) in [5.74, 6) is -0.689. The molecule has 2 fully saturated rings. The number of carbonyl (C=O) groups excluding carboxylic acids is 1. The maximum absolute atomic E-state index is 12.8. The number of nitrogens with zero attached hydrogens (tertiary/aromatic N) is 1. The number of hydrogen-bond acceptors (Lipinski definition) is 6. The van der Waals surface area contributed by atoms with Crippen LogP contribution in [-0.4, -0.2) is 75.2 Å². The second-order valence-corrected chi connectivity index (χ2v) is 10.1. The predicted molar refractivity (Wildman–Crippen MR) is 144 cm³/mol. The Hall–Kier alpha value is -3.38. The van der Waals surface area contributed by atoms with Crippen molar-refractivity contribution in [3.63, 3.8) is 0 Å². The number of ether oxygens (including phenoxy) is 3. The number of halogens is 4. The number of aliphatic carboxylic acids is 1. The number of likely N-dealkylation sites (N-methyl/N-ethyl adjacent to an activating group) is 1. The highest BCUT2D eigenvalue weighted by Gasteiger charge is 2.50. The monoisotopic (exact) mass is 587 g/mol. The molecule has 2 aromatic rings. The van der Waals surface area contributed by atoms with E-state index in [4.69, 9.17) is 35.7 Å². The van der Waals surface area contributed by atoms with E-state index >= 15 is 0 Å². The lowest BCUT2D eigenvalue weighted by Gasteiger charge is -2.45.